The van der Waals surface area contributed by atoms with Crippen LogP contribution in [-0.2, 0) is 14.3 Å². The maximum absolute atomic E-state index is 13.9. The van der Waals surface area contributed by atoms with Crippen LogP contribution in [0.3, 0.4) is 0 Å². The Kier molecular flexibility index (Phi) is 5.39. The van der Waals surface area contributed by atoms with Gasteiger partial charge in [0, 0.05) is 6.92 Å². The number of esters is 2. The van der Waals surface area contributed by atoms with E-state index in [1.54, 1.807) is 6.07 Å². The molecule has 0 atom stereocenters. The molecule has 2 aromatic carbocycles. The van der Waals surface area contributed by atoms with Gasteiger partial charge in [0.2, 0.25) is 11.6 Å². The Labute approximate surface area is 160 Å². The normalized spacial score (nSPS) is 14.5. The lowest BCUT2D eigenvalue weighted by molar-refractivity contribution is -0.132. The average Bonchev–Trinajstić information content (AvgIpc) is 3.02. The van der Waals surface area contributed by atoms with Crippen LogP contribution in [0.25, 0.3) is 6.08 Å². The highest BCUT2D eigenvalue weighted by atomic mass is 19.1. The zero-order chi connectivity index (χ0) is 20.3. The summed E-state index contributed by atoms with van der Waals surface area (Å²) in [6.45, 7) is 1.25. The number of methoxy groups -OCH3 is 2. The van der Waals surface area contributed by atoms with Gasteiger partial charge in [-0.3, -0.25) is 4.79 Å². The van der Waals surface area contributed by atoms with Crippen molar-refractivity contribution in [3.8, 4) is 17.2 Å². The van der Waals surface area contributed by atoms with Gasteiger partial charge in [-0.05, 0) is 35.9 Å². The first kappa shape index (κ1) is 19.1. The van der Waals surface area contributed by atoms with Gasteiger partial charge in [0.15, 0.2) is 17.2 Å². The second-order valence-electron chi connectivity index (χ2n) is 5.66. The molecule has 0 aliphatic carbocycles. The van der Waals surface area contributed by atoms with E-state index in [2.05, 4.69) is 4.99 Å². The van der Waals surface area contributed by atoms with Crippen LogP contribution >= 0.6 is 0 Å². The fraction of sp³-hybridized carbons (Fsp3) is 0.150. The zero-order valence-electron chi connectivity index (χ0n) is 15.3. The van der Waals surface area contributed by atoms with Crippen LogP contribution in [0.2, 0.25) is 0 Å². The summed E-state index contributed by atoms with van der Waals surface area (Å²) in [7, 11) is 2.80. The summed E-state index contributed by atoms with van der Waals surface area (Å²) >= 11 is 0. The van der Waals surface area contributed by atoms with E-state index in [-0.39, 0.29) is 34.4 Å². The van der Waals surface area contributed by atoms with Crippen LogP contribution in [0.15, 0.2) is 47.1 Å². The van der Waals surface area contributed by atoms with Crippen LogP contribution in [0.5, 0.6) is 17.2 Å². The second kappa shape index (κ2) is 7.91. The minimum Gasteiger partial charge on any atom is -0.493 e. The summed E-state index contributed by atoms with van der Waals surface area (Å²) in [6, 6.07) is 8.92. The van der Waals surface area contributed by atoms with Gasteiger partial charge in [-0.1, -0.05) is 12.1 Å². The summed E-state index contributed by atoms with van der Waals surface area (Å²) in [6.07, 6.45) is 1.43. The monoisotopic (exact) mass is 385 g/mol. The van der Waals surface area contributed by atoms with Crippen LogP contribution in [-0.4, -0.2) is 32.1 Å². The highest BCUT2D eigenvalue weighted by Crippen LogP contribution is 2.39. The van der Waals surface area contributed by atoms with Crippen LogP contribution < -0.4 is 14.2 Å². The van der Waals surface area contributed by atoms with Crippen molar-refractivity contribution < 1.29 is 32.9 Å². The molecule has 28 heavy (non-hydrogen) atoms. The SMILES string of the molecule is COc1cc(/C=C2\N=C(c3ccccc3F)OC2=O)cc(OC)c1OC(C)=O. The summed E-state index contributed by atoms with van der Waals surface area (Å²) in [5, 5.41) is 0. The lowest BCUT2D eigenvalue weighted by Crippen LogP contribution is -2.07. The second-order valence-corrected chi connectivity index (χ2v) is 5.66. The van der Waals surface area contributed by atoms with Crippen LogP contribution in [0, 0.1) is 5.82 Å². The smallest absolute Gasteiger partial charge is 0.363 e. The number of aliphatic imine (C=N–C) groups is 1. The fourth-order valence-corrected chi connectivity index (χ4v) is 2.54. The van der Waals surface area contributed by atoms with E-state index in [1.807, 2.05) is 0 Å². The molecule has 0 radical (unpaired) electrons. The number of halogens is 1. The van der Waals surface area contributed by atoms with E-state index in [4.69, 9.17) is 18.9 Å². The van der Waals surface area contributed by atoms with Crippen molar-refractivity contribution in [2.45, 2.75) is 6.92 Å². The van der Waals surface area contributed by atoms with E-state index in [0.717, 1.165) is 0 Å². The molecule has 1 aliphatic heterocycles. The van der Waals surface area contributed by atoms with Crippen LogP contribution in [0.1, 0.15) is 18.1 Å². The number of hydrogen-bond acceptors (Lipinski definition) is 7. The fourth-order valence-electron chi connectivity index (χ4n) is 2.54. The highest BCUT2D eigenvalue weighted by molar-refractivity contribution is 6.13. The van der Waals surface area contributed by atoms with E-state index in [1.165, 1.54) is 57.6 Å². The molecule has 0 aromatic heterocycles. The predicted octanol–water partition coefficient (Wildman–Crippen LogP) is 3.11. The van der Waals surface area contributed by atoms with E-state index in [0.29, 0.717) is 5.56 Å². The standard InChI is InChI=1S/C20H16FNO6/c1-11(23)27-18-16(25-2)9-12(10-17(18)26-3)8-15-20(24)28-19(22-15)13-6-4-5-7-14(13)21/h4-10H,1-3H3/b15-8-. The molecule has 1 aliphatic rings. The Hall–Kier alpha value is -3.68. The lowest BCUT2D eigenvalue weighted by atomic mass is 10.1. The third-order valence-electron chi connectivity index (χ3n) is 3.76. The van der Waals surface area contributed by atoms with E-state index in [9.17, 15) is 14.0 Å². The molecule has 144 valence electrons. The number of cyclic esters (lactones) is 1. The molecule has 0 unspecified atom stereocenters. The molecule has 2 aromatic rings. The van der Waals surface area contributed by atoms with Gasteiger partial charge >= 0.3 is 11.9 Å². The Morgan fingerprint density at radius 1 is 1.14 bits per heavy atom. The number of rotatable bonds is 5. The molecule has 1 heterocycles. The molecule has 0 saturated carbocycles. The summed E-state index contributed by atoms with van der Waals surface area (Å²) in [4.78, 5) is 27.5. The highest BCUT2D eigenvalue weighted by Gasteiger charge is 2.26. The first-order valence-electron chi connectivity index (χ1n) is 8.15. The van der Waals surface area contributed by atoms with Crippen molar-refractivity contribution in [3.05, 3.63) is 59.0 Å². The number of hydrogen-bond donors (Lipinski definition) is 0. The maximum Gasteiger partial charge on any atom is 0.363 e. The number of carbonyl (C=O) groups is 2. The third-order valence-corrected chi connectivity index (χ3v) is 3.76. The Morgan fingerprint density at radius 3 is 2.36 bits per heavy atom. The molecule has 0 saturated heterocycles. The molecule has 8 heteroatoms. The Balaban J connectivity index is 2.02. The van der Waals surface area contributed by atoms with Crippen molar-refractivity contribution in [2.24, 2.45) is 4.99 Å². The van der Waals surface area contributed by atoms with Crippen LogP contribution in [0.4, 0.5) is 4.39 Å². The summed E-state index contributed by atoms with van der Waals surface area (Å²) < 4.78 is 34.6. The van der Waals surface area contributed by atoms with Gasteiger partial charge in [-0.15, -0.1) is 0 Å². The zero-order valence-corrected chi connectivity index (χ0v) is 15.3. The molecule has 0 N–H and O–H groups in total. The van der Waals surface area contributed by atoms with E-state index < -0.39 is 17.8 Å². The molecule has 3 rings (SSSR count). The van der Waals surface area contributed by atoms with Gasteiger partial charge in [0.05, 0.1) is 19.8 Å². The van der Waals surface area contributed by atoms with Gasteiger partial charge in [-0.2, -0.15) is 0 Å². The Morgan fingerprint density at radius 2 is 1.79 bits per heavy atom. The average molecular weight is 385 g/mol. The number of benzene rings is 2. The number of carbonyl (C=O) groups excluding carboxylic acids is 2. The van der Waals surface area contributed by atoms with Gasteiger partial charge in [-0.25, -0.2) is 14.2 Å². The molecule has 0 spiro atoms. The lowest BCUT2D eigenvalue weighted by Gasteiger charge is -2.13. The van der Waals surface area contributed by atoms with E-state index >= 15 is 0 Å². The summed E-state index contributed by atoms with van der Waals surface area (Å²) in [5.41, 5.74) is 0.539. The summed E-state index contributed by atoms with van der Waals surface area (Å²) in [5.74, 6) is -1.36. The number of ether oxygens (including phenoxy) is 4. The first-order valence-corrected chi connectivity index (χ1v) is 8.15. The van der Waals surface area contributed by atoms with Crippen molar-refractivity contribution in [3.63, 3.8) is 0 Å². The molecular formula is C20H16FNO6. The maximum atomic E-state index is 13.9. The van der Waals surface area contributed by atoms with Gasteiger partial charge in [0.25, 0.3) is 0 Å². The molecule has 0 fully saturated rings. The van der Waals surface area contributed by atoms with Crippen molar-refractivity contribution in [1.82, 2.24) is 0 Å². The largest absolute Gasteiger partial charge is 0.493 e. The van der Waals surface area contributed by atoms with Crippen molar-refractivity contribution in [1.29, 1.82) is 0 Å². The van der Waals surface area contributed by atoms with Gasteiger partial charge < -0.3 is 18.9 Å². The first-order chi connectivity index (χ1) is 13.4. The third kappa shape index (κ3) is 3.85. The molecule has 7 nitrogen and oxygen atoms in total. The minimum atomic E-state index is -0.722. The number of nitrogens with zero attached hydrogens (tertiary/aromatic N) is 1. The minimum absolute atomic E-state index is 0.0254. The topological polar surface area (TPSA) is 83.4 Å². The molecule has 0 bridgehead atoms. The molecular weight excluding hydrogens is 369 g/mol. The predicted molar refractivity (Wildman–Crippen MR) is 97.9 cm³/mol. The quantitative estimate of drug-likeness (QED) is 0.447. The molecule has 0 amide bonds. The van der Waals surface area contributed by atoms with Crippen molar-refractivity contribution in [2.75, 3.05) is 14.2 Å². The Bertz CT molecular complexity index is 987. The van der Waals surface area contributed by atoms with Crippen molar-refractivity contribution >= 4 is 23.9 Å². The van der Waals surface area contributed by atoms with Gasteiger partial charge in [0.1, 0.15) is 5.82 Å².